The molecule has 1 heterocycles. The van der Waals surface area contributed by atoms with Crippen molar-refractivity contribution in [1.82, 2.24) is 0 Å². The minimum Gasteiger partial charge on any atom is -0.318 e. The smallest absolute Gasteiger partial charge is 0.296 e. The van der Waals surface area contributed by atoms with E-state index < -0.39 is 11.7 Å². The topological polar surface area (TPSA) is 63.2 Å². The second-order valence-corrected chi connectivity index (χ2v) is 3.08. The van der Waals surface area contributed by atoms with E-state index >= 15 is 0 Å². The van der Waals surface area contributed by atoms with Crippen LogP contribution in [0.5, 0.6) is 0 Å². The van der Waals surface area contributed by atoms with Crippen molar-refractivity contribution in [3.8, 4) is 0 Å². The highest BCUT2D eigenvalue weighted by molar-refractivity contribution is 6.51. The molecule has 15 heavy (non-hydrogen) atoms. The summed E-state index contributed by atoms with van der Waals surface area (Å²) in [5, 5.41) is 2.45. The second kappa shape index (κ2) is 3.49. The molecule has 0 aromatic heterocycles. The molecule has 0 atom stereocenters. The SMILES string of the molecule is O=CC=Cc1ccc2c(c1)C(=O)C(=O)N2. The van der Waals surface area contributed by atoms with E-state index in [1.165, 1.54) is 6.08 Å². The number of hydrogen-bond acceptors (Lipinski definition) is 3. The van der Waals surface area contributed by atoms with E-state index in [0.717, 1.165) is 0 Å². The van der Waals surface area contributed by atoms with Crippen LogP contribution in [0.3, 0.4) is 0 Å². The fourth-order valence-electron chi connectivity index (χ4n) is 1.41. The number of aldehydes is 1. The van der Waals surface area contributed by atoms with Gasteiger partial charge >= 0.3 is 0 Å². The molecule has 0 saturated carbocycles. The summed E-state index contributed by atoms with van der Waals surface area (Å²) in [6.45, 7) is 0. The highest BCUT2D eigenvalue weighted by Crippen LogP contribution is 2.24. The van der Waals surface area contributed by atoms with Crippen molar-refractivity contribution < 1.29 is 14.4 Å². The summed E-state index contributed by atoms with van der Waals surface area (Å²) in [5.74, 6) is -1.15. The van der Waals surface area contributed by atoms with Crippen LogP contribution < -0.4 is 5.32 Å². The zero-order valence-corrected chi connectivity index (χ0v) is 7.69. The van der Waals surface area contributed by atoms with Crippen molar-refractivity contribution in [2.45, 2.75) is 0 Å². The zero-order chi connectivity index (χ0) is 10.8. The van der Waals surface area contributed by atoms with Gasteiger partial charge in [0.2, 0.25) is 0 Å². The molecule has 1 amide bonds. The van der Waals surface area contributed by atoms with Gasteiger partial charge in [-0.15, -0.1) is 0 Å². The van der Waals surface area contributed by atoms with Crippen LogP contribution in [-0.4, -0.2) is 18.0 Å². The molecule has 0 aliphatic carbocycles. The standard InChI is InChI=1S/C11H7NO3/c13-5-1-2-7-3-4-9-8(6-7)10(14)11(15)12-9/h1-6H,(H,12,14,15). The number of allylic oxidation sites excluding steroid dienone is 1. The molecule has 1 aromatic rings. The second-order valence-electron chi connectivity index (χ2n) is 3.08. The third kappa shape index (κ3) is 1.57. The van der Waals surface area contributed by atoms with Crippen molar-refractivity contribution >= 4 is 29.7 Å². The molecule has 0 fully saturated rings. The van der Waals surface area contributed by atoms with Gasteiger partial charge in [-0.1, -0.05) is 12.1 Å². The highest BCUT2D eigenvalue weighted by atomic mass is 16.2. The lowest BCUT2D eigenvalue weighted by molar-refractivity contribution is -0.112. The summed E-state index contributed by atoms with van der Waals surface area (Å²) in [6, 6.07) is 4.94. The molecule has 1 aliphatic rings. The molecule has 4 heteroatoms. The molecule has 0 bridgehead atoms. The molecular weight excluding hydrogens is 194 g/mol. The molecule has 2 rings (SSSR count). The minimum absolute atomic E-state index is 0.355. The quantitative estimate of drug-likeness (QED) is 0.441. The van der Waals surface area contributed by atoms with E-state index in [1.807, 2.05) is 0 Å². The number of ketones is 1. The summed E-state index contributed by atoms with van der Waals surface area (Å²) in [5.41, 5.74) is 1.59. The Hall–Kier alpha value is -2.23. The van der Waals surface area contributed by atoms with Crippen LogP contribution in [0, 0.1) is 0 Å². The molecule has 4 nitrogen and oxygen atoms in total. The monoisotopic (exact) mass is 201 g/mol. The predicted octanol–water partition coefficient (Wildman–Crippen LogP) is 1.03. The summed E-state index contributed by atoms with van der Waals surface area (Å²) in [7, 11) is 0. The third-order valence-corrected chi connectivity index (χ3v) is 2.11. The molecule has 0 spiro atoms. The van der Waals surface area contributed by atoms with Crippen molar-refractivity contribution in [3.63, 3.8) is 0 Å². The van der Waals surface area contributed by atoms with E-state index in [1.54, 1.807) is 24.3 Å². The first-order chi connectivity index (χ1) is 7.22. The first-order valence-electron chi connectivity index (χ1n) is 4.34. The van der Waals surface area contributed by atoms with Crippen LogP contribution in [0.4, 0.5) is 5.69 Å². The Balaban J connectivity index is 2.43. The van der Waals surface area contributed by atoms with Crippen molar-refractivity contribution in [3.05, 3.63) is 35.4 Å². The molecule has 0 saturated heterocycles. The predicted molar refractivity (Wildman–Crippen MR) is 54.5 cm³/mol. The average molecular weight is 201 g/mol. The first-order valence-corrected chi connectivity index (χ1v) is 4.34. The van der Waals surface area contributed by atoms with E-state index in [-0.39, 0.29) is 0 Å². The Labute approximate surface area is 85.6 Å². The summed E-state index contributed by atoms with van der Waals surface area (Å²) < 4.78 is 0. The van der Waals surface area contributed by atoms with E-state index in [9.17, 15) is 14.4 Å². The van der Waals surface area contributed by atoms with E-state index in [4.69, 9.17) is 0 Å². The number of fused-ring (bicyclic) bond motifs is 1. The average Bonchev–Trinajstić information content (AvgIpc) is 2.52. The normalized spacial score (nSPS) is 14.1. The number of Topliss-reactive ketones (excluding diaryl/α,β-unsaturated/α-hetero) is 1. The molecule has 1 aliphatic heterocycles. The maximum Gasteiger partial charge on any atom is 0.296 e. The Bertz CT molecular complexity index is 489. The Morgan fingerprint density at radius 3 is 2.73 bits per heavy atom. The van der Waals surface area contributed by atoms with Crippen LogP contribution in [0.25, 0.3) is 6.08 Å². The maximum absolute atomic E-state index is 11.3. The largest absolute Gasteiger partial charge is 0.318 e. The molecule has 1 aromatic carbocycles. The van der Waals surface area contributed by atoms with Crippen LogP contribution >= 0.6 is 0 Å². The molecule has 0 radical (unpaired) electrons. The third-order valence-electron chi connectivity index (χ3n) is 2.11. The van der Waals surface area contributed by atoms with Crippen molar-refractivity contribution in [2.75, 3.05) is 5.32 Å². The Kier molecular flexibility index (Phi) is 2.17. The van der Waals surface area contributed by atoms with Gasteiger partial charge in [0.05, 0.1) is 11.3 Å². The summed E-state index contributed by atoms with van der Waals surface area (Å²) in [4.78, 5) is 32.4. The van der Waals surface area contributed by atoms with Gasteiger partial charge in [-0.05, 0) is 23.8 Å². The Morgan fingerprint density at radius 2 is 2.00 bits per heavy atom. The van der Waals surface area contributed by atoms with E-state index in [2.05, 4.69) is 5.32 Å². The van der Waals surface area contributed by atoms with Crippen molar-refractivity contribution in [1.29, 1.82) is 0 Å². The molecular formula is C11H7NO3. The van der Waals surface area contributed by atoms with E-state index in [0.29, 0.717) is 23.1 Å². The number of carbonyl (C=O) groups excluding carboxylic acids is 3. The van der Waals surface area contributed by atoms with Gasteiger partial charge in [0, 0.05) is 0 Å². The maximum atomic E-state index is 11.3. The van der Waals surface area contributed by atoms with Gasteiger partial charge in [0.15, 0.2) is 0 Å². The van der Waals surface area contributed by atoms with Gasteiger partial charge in [0.1, 0.15) is 6.29 Å². The first kappa shape index (κ1) is 9.33. The number of amides is 1. The van der Waals surface area contributed by atoms with Gasteiger partial charge in [-0.25, -0.2) is 0 Å². The molecule has 74 valence electrons. The molecule has 0 unspecified atom stereocenters. The molecule has 1 N–H and O–H groups in total. The number of nitrogens with one attached hydrogen (secondary N) is 1. The van der Waals surface area contributed by atoms with Crippen molar-refractivity contribution in [2.24, 2.45) is 0 Å². The van der Waals surface area contributed by atoms with Gasteiger partial charge < -0.3 is 5.32 Å². The number of rotatable bonds is 2. The lowest BCUT2D eigenvalue weighted by atomic mass is 10.1. The summed E-state index contributed by atoms with van der Waals surface area (Å²) >= 11 is 0. The number of benzene rings is 1. The zero-order valence-electron chi connectivity index (χ0n) is 7.69. The Morgan fingerprint density at radius 1 is 1.20 bits per heavy atom. The number of carbonyl (C=O) groups is 3. The summed E-state index contributed by atoms with van der Waals surface area (Å²) in [6.07, 6.45) is 3.55. The number of hydrogen-bond donors (Lipinski definition) is 1. The lowest BCUT2D eigenvalue weighted by Gasteiger charge is -1.97. The van der Waals surface area contributed by atoms with Gasteiger partial charge in [-0.2, -0.15) is 0 Å². The van der Waals surface area contributed by atoms with Gasteiger partial charge in [-0.3, -0.25) is 14.4 Å². The lowest BCUT2D eigenvalue weighted by Crippen LogP contribution is -2.12. The number of anilines is 1. The fourth-order valence-corrected chi connectivity index (χ4v) is 1.41. The minimum atomic E-state index is -0.610. The fraction of sp³-hybridized carbons (Fsp3) is 0. The van der Waals surface area contributed by atoms with Crippen LogP contribution in [0.2, 0.25) is 0 Å². The van der Waals surface area contributed by atoms with Crippen LogP contribution in [0.15, 0.2) is 24.3 Å². The van der Waals surface area contributed by atoms with Crippen LogP contribution in [0.1, 0.15) is 15.9 Å². The van der Waals surface area contributed by atoms with Gasteiger partial charge in [0.25, 0.3) is 11.7 Å². The van der Waals surface area contributed by atoms with Crippen LogP contribution in [-0.2, 0) is 9.59 Å². The highest BCUT2D eigenvalue weighted by Gasteiger charge is 2.27.